The van der Waals surface area contributed by atoms with Gasteiger partial charge in [-0.2, -0.15) is 5.26 Å². The fourth-order valence-electron chi connectivity index (χ4n) is 1.81. The Labute approximate surface area is 94.3 Å². The van der Waals surface area contributed by atoms with E-state index in [9.17, 15) is 4.79 Å². The Bertz CT molecular complexity index is 462. The van der Waals surface area contributed by atoms with Crippen LogP contribution in [0.15, 0.2) is 18.2 Å². The fourth-order valence-corrected chi connectivity index (χ4v) is 1.81. The van der Waals surface area contributed by atoms with Crippen molar-refractivity contribution in [3.63, 3.8) is 0 Å². The molecule has 0 aliphatic carbocycles. The van der Waals surface area contributed by atoms with Gasteiger partial charge in [0.2, 0.25) is 5.91 Å². The van der Waals surface area contributed by atoms with Gasteiger partial charge in [0, 0.05) is 6.54 Å². The standard InChI is InChI=1S/C12H13N3O/c1-2-8-7-14-10-5-3-4-9(6-13)11(10)15-12(8)16/h3-5,8,14H,2,7H2,1H3,(H,15,16). The number of benzene rings is 1. The summed E-state index contributed by atoms with van der Waals surface area (Å²) in [5.74, 6) is -0.0598. The van der Waals surface area contributed by atoms with Crippen molar-refractivity contribution in [1.29, 1.82) is 5.26 Å². The van der Waals surface area contributed by atoms with E-state index in [1.807, 2.05) is 19.1 Å². The van der Waals surface area contributed by atoms with E-state index >= 15 is 0 Å². The Hall–Kier alpha value is -2.02. The summed E-state index contributed by atoms with van der Waals surface area (Å²) in [6.07, 6.45) is 0.786. The molecular weight excluding hydrogens is 202 g/mol. The van der Waals surface area contributed by atoms with E-state index in [0.717, 1.165) is 12.1 Å². The lowest BCUT2D eigenvalue weighted by Crippen LogP contribution is -2.25. The molecule has 0 bridgehead atoms. The van der Waals surface area contributed by atoms with Gasteiger partial charge in [0.25, 0.3) is 0 Å². The van der Waals surface area contributed by atoms with Crippen LogP contribution in [0.1, 0.15) is 18.9 Å². The zero-order chi connectivity index (χ0) is 11.5. The smallest absolute Gasteiger partial charge is 0.229 e. The molecule has 0 aromatic heterocycles. The number of nitriles is 1. The van der Waals surface area contributed by atoms with Gasteiger partial charge in [-0.3, -0.25) is 4.79 Å². The number of para-hydroxylation sites is 1. The van der Waals surface area contributed by atoms with Crippen molar-refractivity contribution in [2.24, 2.45) is 5.92 Å². The topological polar surface area (TPSA) is 64.9 Å². The van der Waals surface area contributed by atoms with Crippen molar-refractivity contribution in [2.45, 2.75) is 13.3 Å². The minimum atomic E-state index is -0.0426. The first-order chi connectivity index (χ1) is 7.76. The molecule has 2 rings (SSSR count). The third-order valence-corrected chi connectivity index (χ3v) is 2.84. The third-order valence-electron chi connectivity index (χ3n) is 2.84. The van der Waals surface area contributed by atoms with Gasteiger partial charge in [0.1, 0.15) is 6.07 Å². The quantitative estimate of drug-likeness (QED) is 0.752. The van der Waals surface area contributed by atoms with Crippen LogP contribution in [-0.2, 0) is 4.79 Å². The lowest BCUT2D eigenvalue weighted by Gasteiger charge is -2.09. The van der Waals surface area contributed by atoms with E-state index < -0.39 is 0 Å². The molecule has 1 aliphatic heterocycles. The second kappa shape index (κ2) is 4.23. The average molecular weight is 215 g/mol. The molecule has 0 saturated heterocycles. The van der Waals surface area contributed by atoms with Gasteiger partial charge in [-0.1, -0.05) is 13.0 Å². The molecule has 82 valence electrons. The Balaban J connectivity index is 2.41. The molecular formula is C12H13N3O. The number of hydrogen-bond donors (Lipinski definition) is 2. The van der Waals surface area contributed by atoms with Crippen molar-refractivity contribution in [1.82, 2.24) is 0 Å². The molecule has 1 heterocycles. The molecule has 2 N–H and O–H groups in total. The molecule has 1 atom stereocenters. The van der Waals surface area contributed by atoms with E-state index in [-0.39, 0.29) is 11.8 Å². The molecule has 1 aromatic carbocycles. The van der Waals surface area contributed by atoms with Crippen LogP contribution in [0.4, 0.5) is 11.4 Å². The molecule has 4 nitrogen and oxygen atoms in total. The van der Waals surface area contributed by atoms with Crippen LogP contribution in [0.5, 0.6) is 0 Å². The number of carbonyl (C=O) groups is 1. The van der Waals surface area contributed by atoms with E-state index in [1.165, 1.54) is 0 Å². The normalized spacial score (nSPS) is 18.8. The Kier molecular flexibility index (Phi) is 2.78. The largest absolute Gasteiger partial charge is 0.383 e. The first-order valence-corrected chi connectivity index (χ1v) is 5.34. The Morgan fingerprint density at radius 2 is 2.38 bits per heavy atom. The van der Waals surface area contributed by atoms with Crippen molar-refractivity contribution in [2.75, 3.05) is 17.2 Å². The van der Waals surface area contributed by atoms with Crippen molar-refractivity contribution in [3.8, 4) is 6.07 Å². The van der Waals surface area contributed by atoms with Crippen LogP contribution < -0.4 is 10.6 Å². The van der Waals surface area contributed by atoms with Gasteiger partial charge in [-0.25, -0.2) is 0 Å². The van der Waals surface area contributed by atoms with Crippen molar-refractivity contribution >= 4 is 17.3 Å². The SMILES string of the molecule is CCC1CNc2cccc(C#N)c2NC1=O. The van der Waals surface area contributed by atoms with Gasteiger partial charge in [-0.15, -0.1) is 0 Å². The number of rotatable bonds is 1. The molecule has 16 heavy (non-hydrogen) atoms. The zero-order valence-corrected chi connectivity index (χ0v) is 9.08. The fraction of sp³-hybridized carbons (Fsp3) is 0.333. The first-order valence-electron chi connectivity index (χ1n) is 5.34. The van der Waals surface area contributed by atoms with Crippen LogP contribution in [0, 0.1) is 17.2 Å². The van der Waals surface area contributed by atoms with Gasteiger partial charge >= 0.3 is 0 Å². The zero-order valence-electron chi connectivity index (χ0n) is 9.08. The molecule has 0 spiro atoms. The maximum Gasteiger partial charge on any atom is 0.229 e. The predicted octanol–water partition coefficient (Wildman–Crippen LogP) is 1.95. The lowest BCUT2D eigenvalue weighted by molar-refractivity contribution is -0.119. The summed E-state index contributed by atoms with van der Waals surface area (Å²) in [5, 5.41) is 15.0. The van der Waals surface area contributed by atoms with Crippen LogP contribution in [0.2, 0.25) is 0 Å². The number of amides is 1. The minimum absolute atomic E-state index is 0.0172. The predicted molar refractivity (Wildman–Crippen MR) is 62.1 cm³/mol. The summed E-state index contributed by atoms with van der Waals surface area (Å²) in [7, 11) is 0. The van der Waals surface area contributed by atoms with Gasteiger partial charge in [0.15, 0.2) is 0 Å². The number of nitrogens with zero attached hydrogens (tertiary/aromatic N) is 1. The number of carbonyl (C=O) groups excluding carboxylic acids is 1. The first kappa shape index (κ1) is 10.5. The van der Waals surface area contributed by atoms with Crippen molar-refractivity contribution < 1.29 is 4.79 Å². The lowest BCUT2D eigenvalue weighted by atomic mass is 10.1. The van der Waals surface area contributed by atoms with Gasteiger partial charge in [-0.05, 0) is 18.6 Å². The number of hydrogen-bond acceptors (Lipinski definition) is 3. The third kappa shape index (κ3) is 1.72. The number of nitrogens with one attached hydrogen (secondary N) is 2. The van der Waals surface area contributed by atoms with Crippen LogP contribution in [-0.4, -0.2) is 12.5 Å². The molecule has 4 heteroatoms. The molecule has 1 aliphatic rings. The molecule has 1 amide bonds. The maximum atomic E-state index is 11.8. The summed E-state index contributed by atoms with van der Waals surface area (Å²) in [6.45, 7) is 2.59. The number of anilines is 2. The highest BCUT2D eigenvalue weighted by molar-refractivity contribution is 5.99. The van der Waals surface area contributed by atoms with Crippen LogP contribution in [0.25, 0.3) is 0 Å². The van der Waals surface area contributed by atoms with Gasteiger partial charge in [0.05, 0.1) is 22.9 Å². The van der Waals surface area contributed by atoms with E-state index in [0.29, 0.717) is 17.8 Å². The average Bonchev–Trinajstić information content (AvgIpc) is 2.46. The minimum Gasteiger partial charge on any atom is -0.383 e. The molecule has 1 unspecified atom stereocenters. The highest BCUT2D eigenvalue weighted by Gasteiger charge is 2.23. The van der Waals surface area contributed by atoms with E-state index in [4.69, 9.17) is 5.26 Å². The summed E-state index contributed by atoms with van der Waals surface area (Å²) >= 11 is 0. The Morgan fingerprint density at radius 1 is 1.56 bits per heavy atom. The molecule has 0 saturated carbocycles. The highest BCUT2D eigenvalue weighted by atomic mass is 16.1. The molecule has 0 fully saturated rings. The van der Waals surface area contributed by atoms with Crippen molar-refractivity contribution in [3.05, 3.63) is 23.8 Å². The highest BCUT2D eigenvalue weighted by Crippen LogP contribution is 2.29. The Morgan fingerprint density at radius 3 is 3.06 bits per heavy atom. The second-order valence-electron chi connectivity index (χ2n) is 3.82. The summed E-state index contributed by atoms with van der Waals surface area (Å²) in [6, 6.07) is 7.46. The maximum absolute atomic E-state index is 11.8. The summed E-state index contributed by atoms with van der Waals surface area (Å²) in [4.78, 5) is 11.8. The molecule has 0 radical (unpaired) electrons. The summed E-state index contributed by atoms with van der Waals surface area (Å²) < 4.78 is 0. The van der Waals surface area contributed by atoms with E-state index in [1.54, 1.807) is 6.07 Å². The van der Waals surface area contributed by atoms with Crippen LogP contribution in [0.3, 0.4) is 0 Å². The number of fused-ring (bicyclic) bond motifs is 1. The van der Waals surface area contributed by atoms with Crippen LogP contribution >= 0.6 is 0 Å². The monoisotopic (exact) mass is 215 g/mol. The van der Waals surface area contributed by atoms with Gasteiger partial charge < -0.3 is 10.6 Å². The second-order valence-corrected chi connectivity index (χ2v) is 3.82. The summed E-state index contributed by atoms with van der Waals surface area (Å²) in [5.41, 5.74) is 1.92. The molecule has 1 aromatic rings. The van der Waals surface area contributed by atoms with E-state index in [2.05, 4.69) is 16.7 Å².